The Kier molecular flexibility index (Phi) is 7.05. The maximum atomic E-state index is 13.7. The maximum absolute atomic E-state index is 13.7. The van der Waals surface area contributed by atoms with Crippen molar-refractivity contribution in [3.63, 3.8) is 0 Å². The predicted molar refractivity (Wildman–Crippen MR) is 134 cm³/mol. The minimum Gasteiger partial charge on any atom is -0.391 e. The molecule has 3 aromatic rings. The van der Waals surface area contributed by atoms with E-state index in [0.717, 1.165) is 21.7 Å². The highest BCUT2D eigenvalue weighted by molar-refractivity contribution is 7.13. The summed E-state index contributed by atoms with van der Waals surface area (Å²) in [6.07, 6.45) is 1.18. The van der Waals surface area contributed by atoms with Crippen LogP contribution in [0, 0.1) is 19.3 Å². The molecule has 2 amide bonds. The Balaban J connectivity index is 1.46. The van der Waals surface area contributed by atoms with Crippen molar-refractivity contribution in [3.05, 3.63) is 52.9 Å². The van der Waals surface area contributed by atoms with E-state index in [-0.39, 0.29) is 24.8 Å². The first-order chi connectivity index (χ1) is 16.5. The summed E-state index contributed by atoms with van der Waals surface area (Å²) in [6.45, 7) is 10.1. The summed E-state index contributed by atoms with van der Waals surface area (Å²) in [6, 6.07) is 6.60. The Morgan fingerprint density at radius 3 is 2.51 bits per heavy atom. The van der Waals surface area contributed by atoms with E-state index in [1.165, 1.54) is 4.90 Å². The quantitative estimate of drug-likeness (QED) is 0.543. The molecule has 9 nitrogen and oxygen atoms in total. The van der Waals surface area contributed by atoms with E-state index in [0.29, 0.717) is 12.2 Å². The van der Waals surface area contributed by atoms with E-state index in [1.54, 1.807) is 22.2 Å². The molecular formula is C25H32N6O3S. The fourth-order valence-corrected chi connectivity index (χ4v) is 5.31. The van der Waals surface area contributed by atoms with Crippen molar-refractivity contribution in [3.8, 4) is 10.4 Å². The zero-order valence-corrected chi connectivity index (χ0v) is 21.5. The van der Waals surface area contributed by atoms with Crippen molar-refractivity contribution < 1.29 is 14.7 Å². The smallest absolute Gasteiger partial charge is 0.248 e. The van der Waals surface area contributed by atoms with Gasteiger partial charge in [-0.1, -0.05) is 50.3 Å². The van der Waals surface area contributed by atoms with Crippen LogP contribution in [0.5, 0.6) is 0 Å². The molecule has 0 aliphatic carbocycles. The molecule has 0 saturated carbocycles. The number of amides is 2. The number of rotatable bonds is 6. The summed E-state index contributed by atoms with van der Waals surface area (Å²) in [4.78, 5) is 33.7. The third-order valence-electron chi connectivity index (χ3n) is 6.24. The minimum atomic E-state index is -0.755. The molecule has 4 rings (SSSR count). The Morgan fingerprint density at radius 2 is 1.94 bits per heavy atom. The third kappa shape index (κ3) is 5.43. The summed E-state index contributed by atoms with van der Waals surface area (Å²) in [5, 5.41) is 21.4. The van der Waals surface area contributed by atoms with Crippen LogP contribution in [0.4, 0.5) is 0 Å². The SMILES string of the molecule is Cc1cn([C@H](C(=O)N2C[C@H](O)C[C@H]2C(=O)NCc2ccc(-c3scnc3C)cc2)C(C)(C)C)nn1. The number of carbonyl (C=O) groups is 2. The van der Waals surface area contributed by atoms with Crippen LogP contribution in [-0.4, -0.2) is 60.5 Å². The Morgan fingerprint density at radius 1 is 1.23 bits per heavy atom. The number of thiazole rings is 1. The molecule has 1 fully saturated rings. The average molecular weight is 497 g/mol. The van der Waals surface area contributed by atoms with Crippen LogP contribution in [0.2, 0.25) is 0 Å². The fraction of sp³-hybridized carbons (Fsp3) is 0.480. The zero-order chi connectivity index (χ0) is 25.3. The molecule has 1 aromatic carbocycles. The number of hydrogen-bond donors (Lipinski definition) is 2. The topological polar surface area (TPSA) is 113 Å². The summed E-state index contributed by atoms with van der Waals surface area (Å²) in [5.74, 6) is -0.525. The molecule has 2 N–H and O–H groups in total. The lowest BCUT2D eigenvalue weighted by Crippen LogP contribution is -2.50. The number of benzene rings is 1. The van der Waals surface area contributed by atoms with Gasteiger partial charge in [-0.15, -0.1) is 16.4 Å². The molecule has 1 aliphatic rings. The van der Waals surface area contributed by atoms with Gasteiger partial charge < -0.3 is 15.3 Å². The second kappa shape index (κ2) is 9.87. The maximum Gasteiger partial charge on any atom is 0.248 e. The minimum absolute atomic E-state index is 0.111. The lowest BCUT2D eigenvalue weighted by atomic mass is 9.85. The van der Waals surface area contributed by atoms with Gasteiger partial charge in [-0.2, -0.15) is 0 Å². The number of likely N-dealkylation sites (tertiary alicyclic amines) is 1. The Hall–Kier alpha value is -3.11. The van der Waals surface area contributed by atoms with E-state index in [9.17, 15) is 14.7 Å². The predicted octanol–water partition coefficient (Wildman–Crippen LogP) is 2.88. The number of hydrogen-bond acceptors (Lipinski definition) is 7. The first-order valence-corrected chi connectivity index (χ1v) is 12.6. The first-order valence-electron chi connectivity index (χ1n) is 11.7. The lowest BCUT2D eigenvalue weighted by molar-refractivity contribution is -0.144. The van der Waals surface area contributed by atoms with Crippen LogP contribution in [0.3, 0.4) is 0 Å². The molecule has 10 heteroatoms. The second-order valence-corrected chi connectivity index (χ2v) is 11.0. The van der Waals surface area contributed by atoms with Crippen LogP contribution < -0.4 is 5.32 Å². The average Bonchev–Trinajstić information content (AvgIpc) is 3.51. The van der Waals surface area contributed by atoms with Crippen molar-refractivity contribution >= 4 is 23.2 Å². The van der Waals surface area contributed by atoms with Gasteiger partial charge in [0.25, 0.3) is 0 Å². The van der Waals surface area contributed by atoms with Gasteiger partial charge in [-0.25, -0.2) is 9.67 Å². The van der Waals surface area contributed by atoms with Gasteiger partial charge in [0.2, 0.25) is 11.8 Å². The highest BCUT2D eigenvalue weighted by Crippen LogP contribution is 2.34. The van der Waals surface area contributed by atoms with E-state index < -0.39 is 23.6 Å². The van der Waals surface area contributed by atoms with Crippen LogP contribution in [0.25, 0.3) is 10.4 Å². The van der Waals surface area contributed by atoms with Crippen molar-refractivity contribution in [2.75, 3.05) is 6.54 Å². The Bertz CT molecular complexity index is 1200. The molecule has 3 heterocycles. The molecule has 0 unspecified atom stereocenters. The van der Waals surface area contributed by atoms with E-state index in [1.807, 2.05) is 64.4 Å². The molecule has 0 bridgehead atoms. The monoisotopic (exact) mass is 496 g/mol. The van der Waals surface area contributed by atoms with Gasteiger partial charge in [0.15, 0.2) is 0 Å². The molecule has 186 valence electrons. The van der Waals surface area contributed by atoms with Gasteiger partial charge in [-0.3, -0.25) is 9.59 Å². The second-order valence-electron chi connectivity index (χ2n) is 10.2. The molecular weight excluding hydrogens is 464 g/mol. The standard InChI is InChI=1S/C25H32N6O3S/c1-15-12-31(29-28-15)22(25(3,4)5)24(34)30-13-19(32)10-20(30)23(33)26-11-17-6-8-18(9-7-17)21-16(2)27-14-35-21/h6-9,12,14,19-20,22,32H,10-11,13H2,1-5H3,(H,26,33)/t19-,20+,22-/m1/s1. The first kappa shape index (κ1) is 25.0. The number of carbonyl (C=O) groups excluding carboxylic acids is 2. The van der Waals surface area contributed by atoms with Crippen LogP contribution in [0.1, 0.15) is 50.2 Å². The van der Waals surface area contributed by atoms with Crippen molar-refractivity contribution in [2.24, 2.45) is 5.41 Å². The van der Waals surface area contributed by atoms with E-state index in [2.05, 4.69) is 20.6 Å². The van der Waals surface area contributed by atoms with E-state index >= 15 is 0 Å². The summed E-state index contributed by atoms with van der Waals surface area (Å²) in [5.41, 5.74) is 5.10. The number of nitrogens with zero attached hydrogens (tertiary/aromatic N) is 5. The summed E-state index contributed by atoms with van der Waals surface area (Å²) in [7, 11) is 0. The molecule has 1 aliphatic heterocycles. The number of aryl methyl sites for hydroxylation is 2. The van der Waals surface area contributed by atoms with Gasteiger partial charge in [-0.05, 0) is 30.4 Å². The van der Waals surface area contributed by atoms with Gasteiger partial charge in [0.05, 0.1) is 27.9 Å². The van der Waals surface area contributed by atoms with Crippen molar-refractivity contribution in [1.29, 1.82) is 0 Å². The van der Waals surface area contributed by atoms with Crippen molar-refractivity contribution in [2.45, 2.75) is 65.8 Å². The number of nitrogens with one attached hydrogen (secondary N) is 1. The third-order valence-corrected chi connectivity index (χ3v) is 7.21. The molecule has 2 aromatic heterocycles. The lowest BCUT2D eigenvalue weighted by Gasteiger charge is -2.34. The van der Waals surface area contributed by atoms with Gasteiger partial charge >= 0.3 is 0 Å². The number of β-amino-alcohol motifs (C(OH)–C–C–N with tert-alkyl or cyclic N) is 1. The van der Waals surface area contributed by atoms with Gasteiger partial charge in [0.1, 0.15) is 12.1 Å². The van der Waals surface area contributed by atoms with Crippen LogP contribution in [0.15, 0.2) is 36.0 Å². The zero-order valence-electron chi connectivity index (χ0n) is 20.7. The highest BCUT2D eigenvalue weighted by atomic mass is 32.1. The van der Waals surface area contributed by atoms with Crippen molar-refractivity contribution in [1.82, 2.24) is 30.2 Å². The highest BCUT2D eigenvalue weighted by Gasteiger charge is 2.45. The fourth-order valence-electron chi connectivity index (χ4n) is 4.49. The largest absolute Gasteiger partial charge is 0.391 e. The molecule has 1 saturated heterocycles. The van der Waals surface area contributed by atoms with Crippen LogP contribution >= 0.6 is 11.3 Å². The molecule has 0 spiro atoms. The van der Waals surface area contributed by atoms with Crippen LogP contribution in [-0.2, 0) is 16.1 Å². The molecule has 3 atom stereocenters. The Labute approximate surface area is 209 Å². The normalized spacial score (nSPS) is 19.1. The number of aromatic nitrogens is 4. The summed E-state index contributed by atoms with van der Waals surface area (Å²) >= 11 is 1.60. The number of aliphatic hydroxyl groups excluding tert-OH is 1. The summed E-state index contributed by atoms with van der Waals surface area (Å²) < 4.78 is 1.56. The van der Waals surface area contributed by atoms with Gasteiger partial charge in [0, 0.05) is 25.7 Å². The molecule has 0 radical (unpaired) electrons. The number of aliphatic hydroxyl groups is 1. The van der Waals surface area contributed by atoms with E-state index in [4.69, 9.17) is 0 Å². The molecule has 35 heavy (non-hydrogen) atoms.